The Kier molecular flexibility index (Phi) is 6.24. The Hall–Kier alpha value is -1.85. The Bertz CT molecular complexity index is 582. The van der Waals surface area contributed by atoms with Crippen molar-refractivity contribution in [1.82, 2.24) is 5.32 Å². The molecule has 21 heavy (non-hydrogen) atoms. The van der Waals surface area contributed by atoms with E-state index >= 15 is 0 Å². The second-order valence-electron chi connectivity index (χ2n) is 4.25. The van der Waals surface area contributed by atoms with Gasteiger partial charge in [0.25, 0.3) is 5.91 Å². The zero-order valence-electron chi connectivity index (χ0n) is 11.3. The van der Waals surface area contributed by atoms with Crippen LogP contribution in [0.25, 0.3) is 0 Å². The minimum atomic E-state index is -0.188. The van der Waals surface area contributed by atoms with Crippen molar-refractivity contribution in [1.29, 1.82) is 0 Å². The molecule has 2 rings (SSSR count). The van der Waals surface area contributed by atoms with E-state index in [1.165, 1.54) is 0 Å². The number of hydrogen-bond donors (Lipinski definition) is 1. The van der Waals surface area contributed by atoms with Crippen molar-refractivity contribution in [3.05, 3.63) is 57.2 Å². The summed E-state index contributed by atoms with van der Waals surface area (Å²) >= 11 is 7.36. The summed E-state index contributed by atoms with van der Waals surface area (Å²) in [5, 5.41) is 9.17. The quantitative estimate of drug-likeness (QED) is 0.629. The van der Waals surface area contributed by atoms with Crippen LogP contribution in [0.2, 0.25) is 5.02 Å². The summed E-state index contributed by atoms with van der Waals surface area (Å²) in [7, 11) is 0. The Labute approximate surface area is 132 Å². The van der Waals surface area contributed by atoms with E-state index in [1.807, 2.05) is 41.8 Å². The third kappa shape index (κ3) is 5.97. The fourth-order valence-corrected chi connectivity index (χ4v) is 2.30. The summed E-state index contributed by atoms with van der Waals surface area (Å²) in [5.41, 5.74) is 1.12. The molecule has 1 heterocycles. The van der Waals surface area contributed by atoms with Crippen LogP contribution in [0.1, 0.15) is 10.4 Å². The zero-order chi connectivity index (χ0) is 14.9. The van der Waals surface area contributed by atoms with E-state index in [9.17, 15) is 4.79 Å². The van der Waals surface area contributed by atoms with Crippen molar-refractivity contribution in [2.75, 3.05) is 13.2 Å². The maximum Gasteiger partial charge on any atom is 0.260 e. The summed E-state index contributed by atoms with van der Waals surface area (Å²) in [6, 6.07) is 11.4. The van der Waals surface area contributed by atoms with Gasteiger partial charge in [-0.2, -0.15) is 0 Å². The fraction of sp³-hybridized carbons (Fsp3) is 0.200. The van der Waals surface area contributed by atoms with Gasteiger partial charge in [-0.3, -0.25) is 4.79 Å². The van der Waals surface area contributed by atoms with Gasteiger partial charge < -0.3 is 10.2 Å². The molecule has 1 aromatic heterocycles. The molecule has 0 spiro atoms. The Morgan fingerprint density at radius 2 is 2.14 bits per heavy atom. The first-order chi connectivity index (χ1) is 10.2. The second kappa shape index (κ2) is 8.44. The molecule has 110 valence electrons. The predicted molar refractivity (Wildman–Crippen MR) is 86.0 cm³/mol. The van der Waals surface area contributed by atoms with E-state index in [0.29, 0.717) is 11.6 Å². The Morgan fingerprint density at radius 1 is 1.33 bits per heavy atom. The van der Waals surface area contributed by atoms with Crippen LogP contribution in [-0.4, -0.2) is 25.3 Å². The van der Waals surface area contributed by atoms with Gasteiger partial charge in [0.2, 0.25) is 0 Å². The maximum absolute atomic E-state index is 11.5. The third-order valence-corrected chi connectivity index (χ3v) is 3.70. The molecule has 1 amide bonds. The van der Waals surface area contributed by atoms with Crippen molar-refractivity contribution >= 4 is 35.1 Å². The molecule has 0 fully saturated rings. The van der Waals surface area contributed by atoms with E-state index in [4.69, 9.17) is 16.4 Å². The van der Waals surface area contributed by atoms with Crippen LogP contribution in [-0.2, 0) is 16.1 Å². The number of nitrogens with zero attached hydrogens (tertiary/aromatic N) is 1. The molecule has 0 saturated heterocycles. The number of halogens is 1. The number of carbonyl (C=O) groups is 1. The molecular formula is C15H15ClN2O2S. The number of benzene rings is 1. The third-order valence-electron chi connectivity index (χ3n) is 2.64. The summed E-state index contributed by atoms with van der Waals surface area (Å²) in [5.74, 6) is -0.188. The number of rotatable bonds is 7. The van der Waals surface area contributed by atoms with Gasteiger partial charge in [-0.1, -0.05) is 35.0 Å². The molecule has 0 saturated carbocycles. The molecule has 1 N–H and O–H groups in total. The molecule has 4 nitrogen and oxygen atoms in total. The SMILES string of the molecule is O=C(CO/N=C/c1cccs1)NCCc1ccc(Cl)cc1. The van der Waals surface area contributed by atoms with Gasteiger partial charge in [-0.15, -0.1) is 11.3 Å². The lowest BCUT2D eigenvalue weighted by molar-refractivity contribution is -0.125. The van der Waals surface area contributed by atoms with Crippen LogP contribution in [0.5, 0.6) is 0 Å². The van der Waals surface area contributed by atoms with Gasteiger partial charge in [0.15, 0.2) is 6.61 Å². The van der Waals surface area contributed by atoms with Gasteiger partial charge in [-0.05, 0) is 35.6 Å². The number of oxime groups is 1. The molecule has 6 heteroatoms. The molecule has 0 radical (unpaired) electrons. The number of nitrogens with one attached hydrogen (secondary N) is 1. The van der Waals surface area contributed by atoms with E-state index in [2.05, 4.69) is 10.5 Å². The van der Waals surface area contributed by atoms with Crippen LogP contribution >= 0.6 is 22.9 Å². The maximum atomic E-state index is 11.5. The summed E-state index contributed by atoms with van der Waals surface area (Å²) < 4.78 is 0. The van der Waals surface area contributed by atoms with Crippen LogP contribution < -0.4 is 5.32 Å². The second-order valence-corrected chi connectivity index (χ2v) is 5.67. The lowest BCUT2D eigenvalue weighted by Gasteiger charge is -2.04. The number of thiophene rings is 1. The monoisotopic (exact) mass is 322 g/mol. The van der Waals surface area contributed by atoms with Crippen molar-refractivity contribution in [2.24, 2.45) is 5.16 Å². The molecule has 1 aromatic carbocycles. The van der Waals surface area contributed by atoms with E-state index < -0.39 is 0 Å². The highest BCUT2D eigenvalue weighted by Crippen LogP contribution is 2.09. The molecular weight excluding hydrogens is 308 g/mol. The molecule has 0 bridgehead atoms. The van der Waals surface area contributed by atoms with Crippen molar-refractivity contribution in [3.63, 3.8) is 0 Å². The molecule has 0 aliphatic heterocycles. The first-order valence-electron chi connectivity index (χ1n) is 6.44. The van der Waals surface area contributed by atoms with Crippen LogP contribution in [0.15, 0.2) is 46.9 Å². The molecule has 0 aliphatic carbocycles. The normalized spacial score (nSPS) is 10.7. The van der Waals surface area contributed by atoms with Crippen molar-refractivity contribution < 1.29 is 9.63 Å². The lowest BCUT2D eigenvalue weighted by atomic mass is 10.1. The largest absolute Gasteiger partial charge is 0.386 e. The van der Waals surface area contributed by atoms with Gasteiger partial charge in [0, 0.05) is 16.4 Å². The van der Waals surface area contributed by atoms with E-state index in [1.54, 1.807) is 17.6 Å². The van der Waals surface area contributed by atoms with Crippen LogP contribution in [0.4, 0.5) is 0 Å². The fourth-order valence-electron chi connectivity index (χ4n) is 1.60. The first kappa shape index (κ1) is 15.5. The number of hydrogen-bond acceptors (Lipinski definition) is 4. The molecule has 0 unspecified atom stereocenters. The molecule has 0 aliphatic rings. The lowest BCUT2D eigenvalue weighted by Crippen LogP contribution is -2.28. The molecule has 2 aromatic rings. The van der Waals surface area contributed by atoms with E-state index in [-0.39, 0.29) is 12.5 Å². The average Bonchev–Trinajstić information content (AvgIpc) is 2.99. The highest BCUT2D eigenvalue weighted by molar-refractivity contribution is 7.11. The summed E-state index contributed by atoms with van der Waals surface area (Å²) in [6.07, 6.45) is 2.34. The average molecular weight is 323 g/mol. The highest BCUT2D eigenvalue weighted by atomic mass is 35.5. The summed E-state index contributed by atoms with van der Waals surface area (Å²) in [4.78, 5) is 17.4. The summed E-state index contributed by atoms with van der Waals surface area (Å²) in [6.45, 7) is 0.473. The van der Waals surface area contributed by atoms with Gasteiger partial charge in [0.1, 0.15) is 0 Å². The highest BCUT2D eigenvalue weighted by Gasteiger charge is 2.01. The first-order valence-corrected chi connectivity index (χ1v) is 7.70. The van der Waals surface area contributed by atoms with Crippen molar-refractivity contribution in [2.45, 2.75) is 6.42 Å². The zero-order valence-corrected chi connectivity index (χ0v) is 12.9. The van der Waals surface area contributed by atoms with Gasteiger partial charge in [-0.25, -0.2) is 0 Å². The van der Waals surface area contributed by atoms with Crippen LogP contribution in [0, 0.1) is 0 Å². The van der Waals surface area contributed by atoms with Gasteiger partial charge in [0.05, 0.1) is 6.21 Å². The van der Waals surface area contributed by atoms with Crippen LogP contribution in [0.3, 0.4) is 0 Å². The van der Waals surface area contributed by atoms with Crippen molar-refractivity contribution in [3.8, 4) is 0 Å². The Morgan fingerprint density at radius 3 is 2.86 bits per heavy atom. The van der Waals surface area contributed by atoms with Gasteiger partial charge >= 0.3 is 0 Å². The Balaban J connectivity index is 1.60. The van der Waals surface area contributed by atoms with E-state index in [0.717, 1.165) is 16.9 Å². The standard InChI is InChI=1S/C15H15ClN2O2S/c16-13-5-3-12(4-6-13)7-8-17-15(19)11-20-18-10-14-2-1-9-21-14/h1-6,9-10H,7-8,11H2,(H,17,19)/b18-10+. The molecule has 0 atom stereocenters. The number of amides is 1. The topological polar surface area (TPSA) is 50.7 Å². The smallest absolute Gasteiger partial charge is 0.260 e. The number of carbonyl (C=O) groups excluding carboxylic acids is 1. The minimum Gasteiger partial charge on any atom is -0.386 e. The minimum absolute atomic E-state index is 0.0809. The predicted octanol–water partition coefficient (Wildman–Crippen LogP) is 3.11.